The first-order valence-electron chi connectivity index (χ1n) is 7.82. The van der Waals surface area contributed by atoms with Crippen molar-refractivity contribution in [3.8, 4) is 0 Å². The van der Waals surface area contributed by atoms with Crippen LogP contribution in [-0.4, -0.2) is 9.78 Å². The molecule has 0 saturated carbocycles. The molecule has 3 nitrogen and oxygen atoms in total. The molecule has 112 valence electrons. The van der Waals surface area contributed by atoms with Gasteiger partial charge in [-0.15, -0.1) is 0 Å². The van der Waals surface area contributed by atoms with Crippen molar-refractivity contribution >= 4 is 17.3 Å². The Morgan fingerprint density at radius 1 is 1.24 bits per heavy atom. The fraction of sp³-hybridized carbons (Fsp3) is 0.471. The van der Waals surface area contributed by atoms with Gasteiger partial charge in [0.05, 0.1) is 23.0 Å². The number of anilines is 1. The lowest BCUT2D eigenvalue weighted by atomic mass is 10.1. The molecular formula is C17H22ClN3. The first kappa shape index (κ1) is 14.5. The summed E-state index contributed by atoms with van der Waals surface area (Å²) in [5.41, 5.74) is 6.24. The third-order valence-electron chi connectivity index (χ3n) is 4.25. The normalized spacial score (nSPS) is 13.5. The first-order valence-corrected chi connectivity index (χ1v) is 8.20. The van der Waals surface area contributed by atoms with E-state index in [2.05, 4.69) is 42.5 Å². The van der Waals surface area contributed by atoms with Gasteiger partial charge in [0.15, 0.2) is 0 Å². The molecule has 1 aromatic heterocycles. The number of rotatable bonds is 5. The van der Waals surface area contributed by atoms with Crippen LogP contribution in [0.1, 0.15) is 42.8 Å². The van der Waals surface area contributed by atoms with Crippen molar-refractivity contribution in [3.63, 3.8) is 0 Å². The number of fused-ring (bicyclic) bond motifs is 1. The number of hydrogen-bond acceptors (Lipinski definition) is 2. The van der Waals surface area contributed by atoms with Crippen molar-refractivity contribution in [1.29, 1.82) is 0 Å². The van der Waals surface area contributed by atoms with Crippen LogP contribution < -0.4 is 5.32 Å². The molecule has 0 bridgehead atoms. The van der Waals surface area contributed by atoms with Crippen molar-refractivity contribution in [1.82, 2.24) is 9.78 Å². The highest BCUT2D eigenvalue weighted by molar-refractivity contribution is 6.31. The number of halogens is 1. The van der Waals surface area contributed by atoms with Gasteiger partial charge in [0.2, 0.25) is 0 Å². The Morgan fingerprint density at radius 3 is 2.81 bits per heavy atom. The Hall–Kier alpha value is -1.48. The van der Waals surface area contributed by atoms with E-state index in [1.807, 2.05) is 4.68 Å². The molecular weight excluding hydrogens is 282 g/mol. The highest BCUT2D eigenvalue weighted by Crippen LogP contribution is 2.26. The van der Waals surface area contributed by atoms with Crippen molar-refractivity contribution in [2.45, 2.75) is 52.6 Å². The quantitative estimate of drug-likeness (QED) is 0.896. The second kappa shape index (κ2) is 6.10. The van der Waals surface area contributed by atoms with Crippen LogP contribution in [-0.2, 0) is 32.4 Å². The standard InChI is InChI=1S/C17H22ClN3/c1-3-15-17(18)16(21(4-2)20-15)11-19-14-9-8-12-6-5-7-13(12)10-14/h8-10,19H,3-7,11H2,1-2H3. The number of nitrogens with zero attached hydrogens (tertiary/aromatic N) is 2. The summed E-state index contributed by atoms with van der Waals surface area (Å²) in [5, 5.41) is 8.87. The van der Waals surface area contributed by atoms with Crippen LogP contribution >= 0.6 is 11.6 Å². The highest BCUT2D eigenvalue weighted by Gasteiger charge is 2.15. The van der Waals surface area contributed by atoms with Gasteiger partial charge in [-0.05, 0) is 55.9 Å². The second-order valence-corrected chi connectivity index (χ2v) is 5.95. The molecule has 1 aromatic carbocycles. The van der Waals surface area contributed by atoms with E-state index in [0.717, 1.165) is 35.9 Å². The average molecular weight is 304 g/mol. The van der Waals surface area contributed by atoms with Crippen LogP contribution in [0.4, 0.5) is 5.69 Å². The van der Waals surface area contributed by atoms with Gasteiger partial charge in [-0.2, -0.15) is 5.10 Å². The van der Waals surface area contributed by atoms with Crippen LogP contribution in [0.2, 0.25) is 5.02 Å². The minimum Gasteiger partial charge on any atom is -0.379 e. The zero-order chi connectivity index (χ0) is 14.8. The van der Waals surface area contributed by atoms with E-state index < -0.39 is 0 Å². The Morgan fingerprint density at radius 2 is 2.05 bits per heavy atom. The molecule has 0 radical (unpaired) electrons. The molecule has 21 heavy (non-hydrogen) atoms. The molecule has 0 amide bonds. The number of nitrogens with one attached hydrogen (secondary N) is 1. The number of aryl methyl sites for hydroxylation is 4. The van der Waals surface area contributed by atoms with E-state index >= 15 is 0 Å². The SMILES string of the molecule is CCc1nn(CC)c(CNc2ccc3c(c2)CCC3)c1Cl. The summed E-state index contributed by atoms with van der Waals surface area (Å²) in [4.78, 5) is 0. The smallest absolute Gasteiger partial charge is 0.0868 e. The fourth-order valence-corrected chi connectivity index (χ4v) is 3.39. The van der Waals surface area contributed by atoms with Crippen LogP contribution in [0.5, 0.6) is 0 Å². The zero-order valence-electron chi connectivity index (χ0n) is 12.7. The fourth-order valence-electron chi connectivity index (χ4n) is 3.05. The highest BCUT2D eigenvalue weighted by atomic mass is 35.5. The summed E-state index contributed by atoms with van der Waals surface area (Å²) in [7, 11) is 0. The second-order valence-electron chi connectivity index (χ2n) is 5.57. The molecule has 1 heterocycles. The number of benzene rings is 1. The van der Waals surface area contributed by atoms with E-state index in [0.29, 0.717) is 0 Å². The zero-order valence-corrected chi connectivity index (χ0v) is 13.5. The summed E-state index contributed by atoms with van der Waals surface area (Å²) >= 11 is 6.45. The van der Waals surface area contributed by atoms with Gasteiger partial charge in [0, 0.05) is 12.2 Å². The van der Waals surface area contributed by atoms with E-state index in [1.165, 1.54) is 36.1 Å². The maximum absolute atomic E-state index is 6.45. The summed E-state index contributed by atoms with van der Waals surface area (Å²) in [6, 6.07) is 6.70. The number of aromatic nitrogens is 2. The lowest BCUT2D eigenvalue weighted by molar-refractivity contribution is 0.619. The van der Waals surface area contributed by atoms with E-state index in [4.69, 9.17) is 11.6 Å². The van der Waals surface area contributed by atoms with Gasteiger partial charge in [0.25, 0.3) is 0 Å². The van der Waals surface area contributed by atoms with Gasteiger partial charge >= 0.3 is 0 Å². The molecule has 0 unspecified atom stereocenters. The van der Waals surface area contributed by atoms with Crippen LogP contribution in [0.3, 0.4) is 0 Å². The Labute approximate surface area is 131 Å². The molecule has 4 heteroatoms. The summed E-state index contributed by atoms with van der Waals surface area (Å²) in [6.07, 6.45) is 4.59. The van der Waals surface area contributed by atoms with Gasteiger partial charge in [-0.25, -0.2) is 0 Å². The van der Waals surface area contributed by atoms with Gasteiger partial charge < -0.3 is 5.32 Å². The lowest BCUT2D eigenvalue weighted by Crippen LogP contribution is -2.08. The van der Waals surface area contributed by atoms with E-state index in [-0.39, 0.29) is 0 Å². The minimum atomic E-state index is 0.721. The monoisotopic (exact) mass is 303 g/mol. The molecule has 3 rings (SSSR count). The van der Waals surface area contributed by atoms with Crippen molar-refractivity contribution < 1.29 is 0 Å². The molecule has 0 spiro atoms. The minimum absolute atomic E-state index is 0.721. The van der Waals surface area contributed by atoms with Gasteiger partial charge in [-0.1, -0.05) is 24.6 Å². The van der Waals surface area contributed by atoms with Crippen molar-refractivity contribution in [2.24, 2.45) is 0 Å². The summed E-state index contributed by atoms with van der Waals surface area (Å²) in [6.45, 7) is 5.76. The van der Waals surface area contributed by atoms with Crippen molar-refractivity contribution in [2.75, 3.05) is 5.32 Å². The first-order chi connectivity index (χ1) is 10.2. The lowest BCUT2D eigenvalue weighted by Gasteiger charge is -2.10. The van der Waals surface area contributed by atoms with Gasteiger partial charge in [0.1, 0.15) is 0 Å². The topological polar surface area (TPSA) is 29.9 Å². The van der Waals surface area contributed by atoms with Crippen LogP contribution in [0, 0.1) is 0 Å². The molecule has 0 saturated heterocycles. The summed E-state index contributed by atoms with van der Waals surface area (Å²) < 4.78 is 2.00. The van der Waals surface area contributed by atoms with Crippen LogP contribution in [0.15, 0.2) is 18.2 Å². The molecule has 1 aliphatic carbocycles. The Balaban J connectivity index is 1.77. The Kier molecular flexibility index (Phi) is 4.20. The van der Waals surface area contributed by atoms with Crippen molar-refractivity contribution in [3.05, 3.63) is 45.7 Å². The van der Waals surface area contributed by atoms with Gasteiger partial charge in [-0.3, -0.25) is 4.68 Å². The predicted octanol–water partition coefficient (Wildman–Crippen LogP) is 4.22. The van der Waals surface area contributed by atoms with E-state index in [1.54, 1.807) is 0 Å². The largest absolute Gasteiger partial charge is 0.379 e. The molecule has 0 aliphatic heterocycles. The average Bonchev–Trinajstić information content (AvgIpc) is 3.08. The maximum atomic E-state index is 6.45. The molecule has 1 N–H and O–H groups in total. The molecule has 0 fully saturated rings. The summed E-state index contributed by atoms with van der Waals surface area (Å²) in [5.74, 6) is 0. The predicted molar refractivity (Wildman–Crippen MR) is 88.1 cm³/mol. The third-order valence-corrected chi connectivity index (χ3v) is 4.69. The Bertz CT molecular complexity index is 646. The van der Waals surface area contributed by atoms with E-state index in [9.17, 15) is 0 Å². The molecule has 1 aliphatic rings. The maximum Gasteiger partial charge on any atom is 0.0868 e. The third kappa shape index (κ3) is 2.80. The number of hydrogen-bond donors (Lipinski definition) is 1. The molecule has 2 aromatic rings. The van der Waals surface area contributed by atoms with Crippen LogP contribution in [0.25, 0.3) is 0 Å². The molecule has 0 atom stereocenters.